The van der Waals surface area contributed by atoms with E-state index in [1.165, 1.54) is 17.1 Å². The summed E-state index contributed by atoms with van der Waals surface area (Å²) < 4.78 is 0. The minimum absolute atomic E-state index is 0.120. The molecule has 2 amide bonds. The van der Waals surface area contributed by atoms with Crippen LogP contribution in [0, 0.1) is 11.8 Å². The van der Waals surface area contributed by atoms with Crippen LogP contribution in [0.25, 0.3) is 0 Å². The molecule has 0 unspecified atom stereocenters. The molecule has 88 valence electrons. The molecule has 0 aromatic heterocycles. The van der Waals surface area contributed by atoms with Crippen LogP contribution >= 0.6 is 0 Å². The van der Waals surface area contributed by atoms with Crippen molar-refractivity contribution in [3.8, 4) is 0 Å². The Morgan fingerprint density at radius 2 is 1.88 bits per heavy atom. The molecular weight excluding hydrogens is 202 g/mol. The van der Waals surface area contributed by atoms with E-state index in [1.807, 2.05) is 0 Å². The van der Waals surface area contributed by atoms with Crippen molar-refractivity contribution in [3.05, 3.63) is 12.2 Å². The molecule has 0 radical (unpaired) electrons. The van der Waals surface area contributed by atoms with Crippen molar-refractivity contribution in [3.63, 3.8) is 0 Å². The molecule has 2 atom stereocenters. The highest BCUT2D eigenvalue weighted by Gasteiger charge is 2.38. The summed E-state index contributed by atoms with van der Waals surface area (Å²) in [7, 11) is 0. The molecule has 1 fully saturated rings. The third-order valence-electron chi connectivity index (χ3n) is 3.57. The monoisotopic (exact) mass is 221 g/mol. The lowest BCUT2D eigenvalue weighted by Crippen LogP contribution is -2.42. The maximum absolute atomic E-state index is 11.6. The van der Waals surface area contributed by atoms with Crippen LogP contribution in [0.3, 0.4) is 0 Å². The van der Waals surface area contributed by atoms with E-state index in [0.717, 1.165) is 25.7 Å². The summed E-state index contributed by atoms with van der Waals surface area (Å²) in [6.07, 6.45) is 7.18. The molecule has 16 heavy (non-hydrogen) atoms. The van der Waals surface area contributed by atoms with Gasteiger partial charge in [0.2, 0.25) is 0 Å². The Balaban J connectivity index is 2.08. The highest BCUT2D eigenvalue weighted by molar-refractivity contribution is 6.13. The van der Waals surface area contributed by atoms with Gasteiger partial charge in [-0.3, -0.25) is 14.5 Å². The van der Waals surface area contributed by atoms with E-state index < -0.39 is 0 Å². The highest BCUT2D eigenvalue weighted by atomic mass is 16.2. The van der Waals surface area contributed by atoms with Gasteiger partial charge in [-0.25, -0.2) is 0 Å². The number of carbonyl (C=O) groups is 2. The summed E-state index contributed by atoms with van der Waals surface area (Å²) in [4.78, 5) is 24.7. The highest BCUT2D eigenvalue weighted by Crippen LogP contribution is 2.35. The van der Waals surface area contributed by atoms with E-state index in [4.69, 9.17) is 0 Å². The van der Waals surface area contributed by atoms with Crippen molar-refractivity contribution in [2.24, 2.45) is 11.8 Å². The van der Waals surface area contributed by atoms with E-state index >= 15 is 0 Å². The first kappa shape index (κ1) is 11.4. The molecule has 2 aliphatic rings. The normalized spacial score (nSPS) is 29.8. The Morgan fingerprint density at radius 1 is 1.25 bits per heavy atom. The van der Waals surface area contributed by atoms with Crippen molar-refractivity contribution >= 4 is 11.8 Å². The van der Waals surface area contributed by atoms with Gasteiger partial charge < -0.3 is 0 Å². The summed E-state index contributed by atoms with van der Waals surface area (Å²) in [6.45, 7) is 4.39. The molecule has 3 heteroatoms. The molecule has 0 N–H and O–H groups in total. The lowest BCUT2D eigenvalue weighted by Gasteiger charge is -2.28. The van der Waals surface area contributed by atoms with Gasteiger partial charge in [-0.2, -0.15) is 0 Å². The van der Waals surface area contributed by atoms with Gasteiger partial charge in [0.25, 0.3) is 11.8 Å². The van der Waals surface area contributed by atoms with E-state index in [9.17, 15) is 9.59 Å². The fourth-order valence-corrected chi connectivity index (χ4v) is 2.98. The Morgan fingerprint density at radius 3 is 2.44 bits per heavy atom. The van der Waals surface area contributed by atoms with Gasteiger partial charge in [0.05, 0.1) is 0 Å². The van der Waals surface area contributed by atoms with Crippen molar-refractivity contribution in [1.29, 1.82) is 0 Å². The zero-order chi connectivity index (χ0) is 11.7. The Labute approximate surface area is 96.5 Å². The zero-order valence-corrected chi connectivity index (χ0v) is 9.98. The molecule has 1 heterocycles. The summed E-state index contributed by atoms with van der Waals surface area (Å²) in [5, 5.41) is 0. The zero-order valence-electron chi connectivity index (χ0n) is 9.98. The van der Waals surface area contributed by atoms with Gasteiger partial charge in [0, 0.05) is 18.2 Å². The van der Waals surface area contributed by atoms with Crippen molar-refractivity contribution in [2.75, 3.05) is 0 Å². The van der Waals surface area contributed by atoms with Crippen LogP contribution in [0.4, 0.5) is 0 Å². The molecule has 0 saturated heterocycles. The Bertz CT molecular complexity index is 315. The molecule has 1 saturated carbocycles. The summed E-state index contributed by atoms with van der Waals surface area (Å²) in [5.74, 6) is 0.899. The molecule has 0 spiro atoms. The fourth-order valence-electron chi connectivity index (χ4n) is 2.98. The first-order valence-electron chi connectivity index (χ1n) is 6.15. The summed E-state index contributed by atoms with van der Waals surface area (Å²) in [6, 6.07) is 0.150. The van der Waals surface area contributed by atoms with Gasteiger partial charge in [-0.05, 0) is 31.1 Å². The van der Waals surface area contributed by atoms with Crippen LogP contribution in [-0.2, 0) is 9.59 Å². The lowest BCUT2D eigenvalue weighted by atomic mass is 9.92. The van der Waals surface area contributed by atoms with Crippen LogP contribution < -0.4 is 0 Å². The van der Waals surface area contributed by atoms with Gasteiger partial charge in [-0.1, -0.05) is 20.3 Å². The van der Waals surface area contributed by atoms with E-state index in [2.05, 4.69) is 13.8 Å². The average molecular weight is 221 g/mol. The van der Waals surface area contributed by atoms with Crippen LogP contribution in [0.1, 0.15) is 39.5 Å². The van der Waals surface area contributed by atoms with Gasteiger partial charge in [0.1, 0.15) is 0 Å². The van der Waals surface area contributed by atoms with Crippen molar-refractivity contribution < 1.29 is 9.59 Å². The number of hydrogen-bond donors (Lipinski definition) is 0. The lowest BCUT2D eigenvalue weighted by molar-refractivity contribution is -0.140. The van der Waals surface area contributed by atoms with Crippen LogP contribution in [0.5, 0.6) is 0 Å². The Hall–Kier alpha value is -1.12. The van der Waals surface area contributed by atoms with Crippen LogP contribution in [0.15, 0.2) is 12.2 Å². The van der Waals surface area contributed by atoms with Crippen molar-refractivity contribution in [2.45, 2.75) is 45.6 Å². The molecule has 0 aromatic rings. The van der Waals surface area contributed by atoms with Gasteiger partial charge >= 0.3 is 0 Å². The number of carbonyl (C=O) groups excluding carboxylic acids is 2. The predicted octanol–water partition coefficient (Wildman–Crippen LogP) is 2.13. The summed E-state index contributed by atoms with van der Waals surface area (Å²) >= 11 is 0. The SMILES string of the molecule is CC(C)C[C@@H]1CCC[C@@H]1N1C(=O)C=CC1=O. The largest absolute Gasteiger partial charge is 0.272 e. The van der Waals surface area contributed by atoms with E-state index in [1.54, 1.807) is 0 Å². The minimum Gasteiger partial charge on any atom is -0.272 e. The predicted molar refractivity (Wildman–Crippen MR) is 61.6 cm³/mol. The molecule has 1 aliphatic carbocycles. The second-order valence-electron chi connectivity index (χ2n) is 5.27. The topological polar surface area (TPSA) is 37.4 Å². The Kier molecular flexibility index (Phi) is 3.13. The second kappa shape index (κ2) is 4.40. The van der Waals surface area contributed by atoms with Crippen LogP contribution in [0.2, 0.25) is 0 Å². The molecular formula is C13H19NO2. The third kappa shape index (κ3) is 2.04. The number of rotatable bonds is 3. The molecule has 0 aromatic carbocycles. The molecule has 2 rings (SSSR count). The second-order valence-corrected chi connectivity index (χ2v) is 5.27. The maximum Gasteiger partial charge on any atom is 0.253 e. The molecule has 3 nitrogen and oxygen atoms in total. The standard InChI is InChI=1S/C13H19NO2/c1-9(2)8-10-4-3-5-11(10)14-12(15)6-7-13(14)16/h6-7,9-11H,3-5,8H2,1-2H3/t10-,11-/m0/s1. The van der Waals surface area contributed by atoms with E-state index in [-0.39, 0.29) is 17.9 Å². The quantitative estimate of drug-likeness (QED) is 0.685. The van der Waals surface area contributed by atoms with Crippen molar-refractivity contribution in [1.82, 2.24) is 4.90 Å². The number of amides is 2. The fraction of sp³-hybridized carbons (Fsp3) is 0.692. The smallest absolute Gasteiger partial charge is 0.253 e. The molecule has 0 bridgehead atoms. The number of nitrogens with zero attached hydrogens (tertiary/aromatic N) is 1. The average Bonchev–Trinajstić information content (AvgIpc) is 2.74. The van der Waals surface area contributed by atoms with Crippen LogP contribution in [-0.4, -0.2) is 22.8 Å². The first-order chi connectivity index (χ1) is 7.59. The van der Waals surface area contributed by atoms with E-state index in [0.29, 0.717) is 11.8 Å². The third-order valence-corrected chi connectivity index (χ3v) is 3.57. The maximum atomic E-state index is 11.6. The number of imide groups is 1. The summed E-state index contributed by atoms with van der Waals surface area (Å²) in [5.41, 5.74) is 0. The molecule has 1 aliphatic heterocycles. The number of hydrogen-bond acceptors (Lipinski definition) is 2. The van der Waals surface area contributed by atoms with Gasteiger partial charge in [-0.15, -0.1) is 0 Å². The minimum atomic E-state index is -0.120. The first-order valence-corrected chi connectivity index (χ1v) is 6.15. The van der Waals surface area contributed by atoms with Gasteiger partial charge in [0.15, 0.2) is 0 Å².